The second kappa shape index (κ2) is 13.8. The van der Waals surface area contributed by atoms with Crippen LogP contribution in [0.4, 0.5) is 5.69 Å². The van der Waals surface area contributed by atoms with Crippen LogP contribution < -0.4 is 5.32 Å². The lowest BCUT2D eigenvalue weighted by atomic mass is 9.91. The van der Waals surface area contributed by atoms with Gasteiger partial charge in [-0.25, -0.2) is 4.99 Å². The zero-order valence-corrected chi connectivity index (χ0v) is 28.4. The third-order valence-electron chi connectivity index (χ3n) is 9.71. The van der Waals surface area contributed by atoms with Crippen LogP contribution in [-0.4, -0.2) is 15.8 Å². The summed E-state index contributed by atoms with van der Waals surface area (Å²) < 4.78 is 0. The third-order valence-corrected chi connectivity index (χ3v) is 9.71. The number of hydrogen-bond acceptors (Lipinski definition) is 4. The van der Waals surface area contributed by atoms with Gasteiger partial charge in [-0.3, -0.25) is 9.97 Å². The second-order valence-electron chi connectivity index (χ2n) is 13.0. The number of rotatable bonds is 7. The van der Waals surface area contributed by atoms with Crippen LogP contribution in [0.3, 0.4) is 0 Å². The maximum absolute atomic E-state index is 5.35. The number of aliphatic imine (C=N–C) groups is 1. The first-order valence-corrected chi connectivity index (χ1v) is 17.5. The fourth-order valence-electron chi connectivity index (χ4n) is 6.98. The van der Waals surface area contributed by atoms with Crippen molar-refractivity contribution in [2.24, 2.45) is 4.99 Å². The van der Waals surface area contributed by atoms with Crippen molar-refractivity contribution in [1.82, 2.24) is 15.3 Å². The number of amidine groups is 1. The maximum Gasteiger partial charge on any atom is 0.134 e. The van der Waals surface area contributed by atoms with Gasteiger partial charge in [-0.05, 0) is 98.6 Å². The summed E-state index contributed by atoms with van der Waals surface area (Å²) in [5.74, 6) is 0.841. The van der Waals surface area contributed by atoms with Crippen molar-refractivity contribution < 1.29 is 0 Å². The summed E-state index contributed by atoms with van der Waals surface area (Å²) >= 11 is 0. The molecular weight excluding hydrogens is 633 g/mol. The number of hydrogen-bond donors (Lipinski definition) is 1. The van der Waals surface area contributed by atoms with Gasteiger partial charge in [0.05, 0.1) is 17.4 Å². The zero-order chi connectivity index (χ0) is 34.7. The molecule has 52 heavy (non-hydrogen) atoms. The molecule has 8 aromatic rings. The Morgan fingerprint density at radius 2 is 0.923 bits per heavy atom. The van der Waals surface area contributed by atoms with Gasteiger partial charge in [-0.15, -0.1) is 0 Å². The normalized spacial score (nSPS) is 13.5. The molecule has 0 bridgehead atoms. The minimum absolute atomic E-state index is 0.0575. The van der Waals surface area contributed by atoms with E-state index in [0.29, 0.717) is 0 Å². The van der Waals surface area contributed by atoms with E-state index in [0.717, 1.165) is 72.9 Å². The fourth-order valence-corrected chi connectivity index (χ4v) is 6.98. The van der Waals surface area contributed by atoms with Crippen LogP contribution >= 0.6 is 0 Å². The molecule has 1 unspecified atom stereocenters. The Labute approximate surface area is 303 Å². The Bertz CT molecular complexity index is 2390. The zero-order valence-electron chi connectivity index (χ0n) is 28.4. The van der Waals surface area contributed by atoms with E-state index in [1.807, 2.05) is 48.9 Å². The molecule has 0 saturated heterocycles. The van der Waals surface area contributed by atoms with E-state index in [4.69, 9.17) is 4.99 Å². The average Bonchev–Trinajstić information content (AvgIpc) is 3.24. The highest BCUT2D eigenvalue weighted by Gasteiger charge is 2.25. The van der Waals surface area contributed by atoms with E-state index >= 15 is 0 Å². The van der Waals surface area contributed by atoms with Gasteiger partial charge in [-0.2, -0.15) is 0 Å². The van der Waals surface area contributed by atoms with Gasteiger partial charge >= 0.3 is 0 Å². The minimum atomic E-state index is -0.0575. The monoisotopic (exact) mass is 666 g/mol. The van der Waals surface area contributed by atoms with Crippen molar-refractivity contribution in [2.45, 2.75) is 6.04 Å². The lowest BCUT2D eigenvalue weighted by molar-refractivity contribution is 0.749. The smallest absolute Gasteiger partial charge is 0.134 e. The number of benzene rings is 6. The molecule has 0 radical (unpaired) electrons. The largest absolute Gasteiger partial charge is 0.359 e. The standard InChI is InChI=1S/C48H34N4/c1-3-9-33(10-4-1)40-22-23-44-46(32-40)51-48(52-47(44)39-11-5-2-6-12-39)43-30-41(35-16-14-34(15-17-35)37-24-27-49-28-25-37)29-42(31-43)36-18-20-38(21-19-36)45-13-7-8-26-50-45/h1-32,47H,(H,51,52). The Hall–Kier alpha value is -6.91. The summed E-state index contributed by atoms with van der Waals surface area (Å²) in [6.07, 6.45) is 5.50. The van der Waals surface area contributed by atoms with E-state index in [1.54, 1.807) is 0 Å². The van der Waals surface area contributed by atoms with Crippen LogP contribution in [0.5, 0.6) is 0 Å². The predicted octanol–water partition coefficient (Wildman–Crippen LogP) is 11.6. The van der Waals surface area contributed by atoms with Crippen molar-refractivity contribution >= 4 is 11.5 Å². The average molecular weight is 667 g/mol. The molecule has 1 aliphatic heterocycles. The highest BCUT2D eigenvalue weighted by molar-refractivity contribution is 6.04. The maximum atomic E-state index is 5.35. The van der Waals surface area contributed by atoms with Crippen LogP contribution in [-0.2, 0) is 0 Å². The highest BCUT2D eigenvalue weighted by atomic mass is 15.1. The Morgan fingerprint density at radius 1 is 0.385 bits per heavy atom. The molecular formula is C48H34N4. The van der Waals surface area contributed by atoms with Gasteiger partial charge in [0, 0.05) is 35.3 Å². The highest BCUT2D eigenvalue weighted by Crippen LogP contribution is 2.39. The number of nitrogens with one attached hydrogen (secondary N) is 1. The fraction of sp³-hybridized carbons (Fsp3) is 0.0208. The molecule has 6 aromatic carbocycles. The molecule has 4 nitrogen and oxygen atoms in total. The van der Waals surface area contributed by atoms with Gasteiger partial charge in [0.2, 0.25) is 0 Å². The van der Waals surface area contributed by atoms with Crippen LogP contribution in [0.2, 0.25) is 0 Å². The van der Waals surface area contributed by atoms with Crippen LogP contribution in [0.1, 0.15) is 22.7 Å². The molecule has 1 aliphatic rings. The summed E-state index contributed by atoms with van der Waals surface area (Å²) in [5, 5.41) is 3.86. The van der Waals surface area contributed by atoms with Crippen molar-refractivity contribution in [3.8, 4) is 55.8 Å². The summed E-state index contributed by atoms with van der Waals surface area (Å²) in [7, 11) is 0. The molecule has 3 heterocycles. The second-order valence-corrected chi connectivity index (χ2v) is 13.0. The molecule has 0 amide bonds. The lowest BCUT2D eigenvalue weighted by Crippen LogP contribution is -2.32. The molecule has 4 heteroatoms. The van der Waals surface area contributed by atoms with Gasteiger partial charge in [-0.1, -0.05) is 127 Å². The molecule has 1 N–H and O–H groups in total. The van der Waals surface area contributed by atoms with Gasteiger partial charge < -0.3 is 5.32 Å². The Balaban J connectivity index is 1.18. The summed E-state index contributed by atoms with van der Waals surface area (Å²) in [6, 6.07) is 62.1. The number of aromatic nitrogens is 2. The first-order chi connectivity index (χ1) is 25.7. The topological polar surface area (TPSA) is 50.2 Å². The number of nitrogens with zero attached hydrogens (tertiary/aromatic N) is 3. The number of fused-ring (bicyclic) bond motifs is 1. The summed E-state index contributed by atoms with van der Waals surface area (Å²) in [5.41, 5.74) is 15.5. The van der Waals surface area contributed by atoms with E-state index < -0.39 is 0 Å². The van der Waals surface area contributed by atoms with Gasteiger partial charge in [0.1, 0.15) is 5.84 Å². The molecule has 0 fully saturated rings. The third kappa shape index (κ3) is 6.30. The predicted molar refractivity (Wildman–Crippen MR) is 213 cm³/mol. The van der Waals surface area contributed by atoms with Crippen molar-refractivity contribution in [2.75, 3.05) is 0 Å². The van der Waals surface area contributed by atoms with Gasteiger partial charge in [0.15, 0.2) is 0 Å². The van der Waals surface area contributed by atoms with Crippen molar-refractivity contribution in [1.29, 1.82) is 0 Å². The van der Waals surface area contributed by atoms with Crippen molar-refractivity contribution in [3.63, 3.8) is 0 Å². The number of pyridine rings is 2. The quantitative estimate of drug-likeness (QED) is 0.184. The first kappa shape index (κ1) is 31.1. The van der Waals surface area contributed by atoms with Crippen LogP contribution in [0.25, 0.3) is 55.8 Å². The van der Waals surface area contributed by atoms with Crippen molar-refractivity contribution in [3.05, 3.63) is 211 Å². The Kier molecular flexibility index (Phi) is 8.24. The summed E-state index contributed by atoms with van der Waals surface area (Å²) in [6.45, 7) is 0. The molecule has 246 valence electrons. The van der Waals surface area contributed by atoms with Gasteiger partial charge in [0.25, 0.3) is 0 Å². The van der Waals surface area contributed by atoms with Crippen LogP contribution in [0, 0.1) is 0 Å². The van der Waals surface area contributed by atoms with E-state index in [-0.39, 0.29) is 6.04 Å². The molecule has 0 saturated carbocycles. The molecule has 9 rings (SSSR count). The molecule has 1 atom stereocenters. The first-order valence-electron chi connectivity index (χ1n) is 17.5. The minimum Gasteiger partial charge on any atom is -0.359 e. The van der Waals surface area contributed by atoms with E-state index in [9.17, 15) is 0 Å². The SMILES string of the molecule is c1ccc(-c2ccc3c(c2)N=C(c2cc(-c4ccc(-c5ccncc5)cc4)cc(-c4ccc(-c5ccccn5)cc4)c2)NC3c2ccccc2)cc1. The van der Waals surface area contributed by atoms with Crippen LogP contribution in [0.15, 0.2) is 200 Å². The van der Waals surface area contributed by atoms with E-state index in [2.05, 4.69) is 161 Å². The van der Waals surface area contributed by atoms with E-state index in [1.165, 1.54) is 11.1 Å². The summed E-state index contributed by atoms with van der Waals surface area (Å²) in [4.78, 5) is 14.1. The molecule has 0 aliphatic carbocycles. The molecule has 2 aromatic heterocycles. The lowest BCUT2D eigenvalue weighted by Gasteiger charge is -2.28. The molecule has 0 spiro atoms. The Morgan fingerprint density at radius 3 is 1.58 bits per heavy atom.